The zero-order valence-corrected chi connectivity index (χ0v) is 14.2. The van der Waals surface area contributed by atoms with Crippen LogP contribution in [0.4, 0.5) is 0 Å². The number of hydrogen-bond acceptors (Lipinski definition) is 6. The van der Waals surface area contributed by atoms with Crippen LogP contribution in [0.2, 0.25) is 0 Å². The van der Waals surface area contributed by atoms with Crippen LogP contribution < -0.4 is 0 Å². The minimum Gasteiger partial charge on any atom is -0.389 e. The van der Waals surface area contributed by atoms with Gasteiger partial charge in [-0.25, -0.2) is 16.8 Å². The average molecular weight is 340 g/mol. The number of hydrogen-bond donors (Lipinski definition) is 1. The third-order valence-corrected chi connectivity index (χ3v) is 8.22. The van der Waals surface area contributed by atoms with Crippen LogP contribution in [0.3, 0.4) is 0 Å². The lowest BCUT2D eigenvalue weighted by Gasteiger charge is -2.37. The van der Waals surface area contributed by atoms with Crippen molar-refractivity contribution in [3.8, 4) is 0 Å². The van der Waals surface area contributed by atoms with Crippen LogP contribution in [0.5, 0.6) is 0 Å². The van der Waals surface area contributed by atoms with Crippen LogP contribution >= 0.6 is 0 Å². The molecule has 7 nitrogen and oxygen atoms in total. The Labute approximate surface area is 126 Å². The molecule has 0 aromatic rings. The van der Waals surface area contributed by atoms with E-state index < -0.39 is 30.7 Å². The third-order valence-electron chi connectivity index (χ3n) is 3.91. The molecule has 0 aromatic carbocycles. The summed E-state index contributed by atoms with van der Waals surface area (Å²) < 4.78 is 49.2. The lowest BCUT2D eigenvalue weighted by Crippen LogP contribution is -2.53. The van der Waals surface area contributed by atoms with Crippen molar-refractivity contribution in [2.24, 2.45) is 0 Å². The molecule has 1 unspecified atom stereocenters. The van der Waals surface area contributed by atoms with Gasteiger partial charge in [0.1, 0.15) is 0 Å². The van der Waals surface area contributed by atoms with E-state index in [9.17, 15) is 21.9 Å². The Hall–Kier alpha value is -0.220. The van der Waals surface area contributed by atoms with Crippen LogP contribution in [0.25, 0.3) is 0 Å². The number of β-amino-alcohol motifs (C(OH)–C–C–N with tert-alkyl or cyclic N) is 1. The molecule has 2 aliphatic rings. The van der Waals surface area contributed by atoms with Crippen molar-refractivity contribution in [3.63, 3.8) is 0 Å². The van der Waals surface area contributed by atoms with Gasteiger partial charge in [0.05, 0.1) is 22.4 Å². The van der Waals surface area contributed by atoms with E-state index in [0.29, 0.717) is 32.7 Å². The predicted octanol–water partition coefficient (Wildman–Crippen LogP) is -1.11. The average Bonchev–Trinajstić information content (AvgIpc) is 2.69. The Morgan fingerprint density at radius 1 is 1.19 bits per heavy atom. The summed E-state index contributed by atoms with van der Waals surface area (Å²) in [6.07, 6.45) is 0.203. The van der Waals surface area contributed by atoms with Crippen LogP contribution in [-0.4, -0.2) is 86.2 Å². The molecule has 9 heteroatoms. The van der Waals surface area contributed by atoms with Gasteiger partial charge in [-0.2, -0.15) is 4.31 Å². The molecule has 0 aliphatic carbocycles. The first-order valence-electron chi connectivity index (χ1n) is 7.14. The maximum atomic E-state index is 12.5. The highest BCUT2D eigenvalue weighted by molar-refractivity contribution is 7.95. The fraction of sp³-hybridized carbons (Fsp3) is 1.00. The van der Waals surface area contributed by atoms with Crippen molar-refractivity contribution in [2.75, 3.05) is 44.2 Å². The monoisotopic (exact) mass is 340 g/mol. The van der Waals surface area contributed by atoms with Gasteiger partial charge in [-0.15, -0.1) is 0 Å². The number of sulfonamides is 1. The summed E-state index contributed by atoms with van der Waals surface area (Å²) in [6.45, 7) is 5.77. The van der Waals surface area contributed by atoms with E-state index in [1.54, 1.807) is 13.8 Å². The zero-order valence-electron chi connectivity index (χ0n) is 12.5. The molecule has 1 N–H and O–H groups in total. The molecule has 0 bridgehead atoms. The van der Waals surface area contributed by atoms with Crippen LogP contribution in [0, 0.1) is 0 Å². The SMILES string of the molecule is CC(C)(O)CN1CCN(S(=O)(=O)C2CCS(=O)(=O)C2)CC1. The maximum Gasteiger partial charge on any atom is 0.218 e. The van der Waals surface area contributed by atoms with Crippen molar-refractivity contribution < 1.29 is 21.9 Å². The fourth-order valence-electron chi connectivity index (χ4n) is 2.90. The fourth-order valence-corrected chi connectivity index (χ4v) is 7.41. The largest absolute Gasteiger partial charge is 0.389 e. The molecule has 0 saturated carbocycles. The molecule has 21 heavy (non-hydrogen) atoms. The van der Waals surface area contributed by atoms with E-state index in [1.807, 2.05) is 4.90 Å². The van der Waals surface area contributed by atoms with Crippen LogP contribution in [0.1, 0.15) is 20.3 Å². The van der Waals surface area contributed by atoms with Crippen LogP contribution in [0.15, 0.2) is 0 Å². The lowest BCUT2D eigenvalue weighted by atomic mass is 10.1. The number of rotatable bonds is 4. The van der Waals surface area contributed by atoms with Crippen LogP contribution in [-0.2, 0) is 19.9 Å². The zero-order chi connectivity index (χ0) is 15.9. The van der Waals surface area contributed by atoms with Gasteiger partial charge in [-0.05, 0) is 20.3 Å². The first-order valence-corrected chi connectivity index (χ1v) is 10.5. The van der Waals surface area contributed by atoms with Gasteiger partial charge in [0.25, 0.3) is 0 Å². The number of sulfone groups is 1. The van der Waals surface area contributed by atoms with Crippen molar-refractivity contribution in [2.45, 2.75) is 31.1 Å². The highest BCUT2D eigenvalue weighted by Gasteiger charge is 2.41. The lowest BCUT2D eigenvalue weighted by molar-refractivity contribution is 0.0262. The van der Waals surface area contributed by atoms with E-state index in [4.69, 9.17) is 0 Å². The van der Waals surface area contributed by atoms with Gasteiger partial charge < -0.3 is 5.11 Å². The van der Waals surface area contributed by atoms with Gasteiger partial charge in [0.2, 0.25) is 10.0 Å². The van der Waals surface area contributed by atoms with Crippen molar-refractivity contribution in [1.29, 1.82) is 0 Å². The summed E-state index contributed by atoms with van der Waals surface area (Å²) in [4.78, 5) is 2.03. The van der Waals surface area contributed by atoms with E-state index in [0.717, 1.165) is 0 Å². The van der Waals surface area contributed by atoms with Gasteiger partial charge in [-0.1, -0.05) is 0 Å². The smallest absolute Gasteiger partial charge is 0.218 e. The summed E-state index contributed by atoms with van der Waals surface area (Å²) in [5.74, 6) is -0.283. The second kappa shape index (κ2) is 5.77. The normalized spacial score (nSPS) is 28.8. The first kappa shape index (κ1) is 17.1. The molecule has 2 fully saturated rings. The maximum absolute atomic E-state index is 12.5. The number of piperazine rings is 1. The summed E-state index contributed by atoms with van der Waals surface area (Å²) in [5.41, 5.74) is -0.805. The molecule has 124 valence electrons. The molecule has 0 radical (unpaired) electrons. The molecular formula is C12H24N2O5S2. The molecule has 0 aromatic heterocycles. The second-order valence-corrected chi connectivity index (χ2v) is 11.0. The highest BCUT2D eigenvalue weighted by Crippen LogP contribution is 2.23. The quantitative estimate of drug-likeness (QED) is 0.697. The minimum absolute atomic E-state index is 0.0322. The Bertz CT molecular complexity index is 571. The second-order valence-electron chi connectivity index (χ2n) is 6.56. The molecule has 1 atom stereocenters. The Kier molecular flexibility index (Phi) is 4.71. The molecule has 0 spiro atoms. The van der Waals surface area contributed by atoms with E-state index in [1.165, 1.54) is 4.31 Å². The van der Waals surface area contributed by atoms with Crippen molar-refractivity contribution in [1.82, 2.24) is 9.21 Å². The predicted molar refractivity (Wildman–Crippen MR) is 80.3 cm³/mol. The molecule has 2 rings (SSSR count). The molecule has 2 heterocycles. The number of aliphatic hydroxyl groups is 1. The van der Waals surface area contributed by atoms with Crippen molar-refractivity contribution in [3.05, 3.63) is 0 Å². The summed E-state index contributed by atoms with van der Waals surface area (Å²) in [6, 6.07) is 0. The van der Waals surface area contributed by atoms with Gasteiger partial charge in [0, 0.05) is 32.7 Å². The van der Waals surface area contributed by atoms with Gasteiger partial charge in [0.15, 0.2) is 9.84 Å². The molecule has 2 saturated heterocycles. The van der Waals surface area contributed by atoms with Gasteiger partial charge in [-0.3, -0.25) is 4.90 Å². The van der Waals surface area contributed by atoms with E-state index in [2.05, 4.69) is 0 Å². The Balaban J connectivity index is 1.95. The van der Waals surface area contributed by atoms with E-state index >= 15 is 0 Å². The topological polar surface area (TPSA) is 95.0 Å². The van der Waals surface area contributed by atoms with Gasteiger partial charge >= 0.3 is 0 Å². The Morgan fingerprint density at radius 3 is 2.19 bits per heavy atom. The number of nitrogens with zero attached hydrogens (tertiary/aromatic N) is 2. The summed E-state index contributed by atoms with van der Waals surface area (Å²) >= 11 is 0. The molecular weight excluding hydrogens is 316 g/mol. The highest BCUT2D eigenvalue weighted by atomic mass is 32.2. The van der Waals surface area contributed by atoms with Crippen molar-refractivity contribution >= 4 is 19.9 Å². The van der Waals surface area contributed by atoms with E-state index in [-0.39, 0.29) is 17.9 Å². The standard InChI is InChI=1S/C12H24N2O5S2/c1-12(2,15)10-13-4-6-14(7-5-13)21(18,19)11-3-8-20(16,17)9-11/h11,15H,3-10H2,1-2H3. The Morgan fingerprint density at radius 2 is 1.76 bits per heavy atom. The molecule has 2 aliphatic heterocycles. The first-order chi connectivity index (χ1) is 9.50. The molecule has 0 amide bonds. The summed E-state index contributed by atoms with van der Waals surface area (Å²) in [7, 11) is -6.74. The summed E-state index contributed by atoms with van der Waals surface area (Å²) in [5, 5.41) is 9.00. The third kappa shape index (κ3) is 4.38. The minimum atomic E-state index is -3.53.